The maximum atomic E-state index is 12.2. The number of carbonyl (C=O) groups excluding carboxylic acids is 1. The molecule has 8 nitrogen and oxygen atoms in total. The van der Waals surface area contributed by atoms with Crippen LogP contribution in [-0.4, -0.2) is 70.1 Å². The number of nitrogens with zero attached hydrogens (tertiary/aromatic N) is 4. The molecule has 2 aliphatic rings. The largest absolute Gasteiger partial charge is 0.334 e. The van der Waals surface area contributed by atoms with E-state index in [0.717, 1.165) is 12.8 Å². The molecule has 110 valence electrons. The highest BCUT2D eigenvalue weighted by atomic mass is 32.2. The first kappa shape index (κ1) is 13.5. The summed E-state index contributed by atoms with van der Waals surface area (Å²) in [6.07, 6.45) is 3.57. The number of piperidine rings is 1. The van der Waals surface area contributed by atoms with Gasteiger partial charge in [-0.15, -0.1) is 0 Å². The van der Waals surface area contributed by atoms with Gasteiger partial charge in [0.05, 0.1) is 5.75 Å². The minimum atomic E-state index is -3.13. The number of hydrogen-bond donors (Lipinski definition) is 1. The van der Waals surface area contributed by atoms with E-state index in [1.165, 1.54) is 6.33 Å². The van der Waals surface area contributed by atoms with Gasteiger partial charge in [0.15, 0.2) is 0 Å². The van der Waals surface area contributed by atoms with E-state index < -0.39 is 10.0 Å². The van der Waals surface area contributed by atoms with Crippen LogP contribution in [0.4, 0.5) is 0 Å². The number of amides is 1. The average molecular weight is 299 g/mol. The maximum absolute atomic E-state index is 12.2. The second-order valence-electron chi connectivity index (χ2n) is 5.16. The maximum Gasteiger partial charge on any atom is 0.291 e. The van der Waals surface area contributed by atoms with Crippen molar-refractivity contribution in [3.8, 4) is 0 Å². The Hall–Kier alpha value is -1.48. The van der Waals surface area contributed by atoms with Crippen LogP contribution in [0.25, 0.3) is 0 Å². The van der Waals surface area contributed by atoms with Gasteiger partial charge in [0.2, 0.25) is 15.8 Å². The molecular formula is C11H17N5O3S. The first-order chi connectivity index (χ1) is 9.58. The van der Waals surface area contributed by atoms with E-state index in [9.17, 15) is 13.2 Å². The molecule has 1 amide bonds. The molecule has 20 heavy (non-hydrogen) atoms. The molecule has 1 atom stereocenters. The van der Waals surface area contributed by atoms with Crippen molar-refractivity contribution in [1.29, 1.82) is 0 Å². The van der Waals surface area contributed by atoms with Crippen LogP contribution in [0.2, 0.25) is 0 Å². The molecule has 1 unspecified atom stereocenters. The van der Waals surface area contributed by atoms with E-state index in [2.05, 4.69) is 15.2 Å². The molecule has 9 heteroatoms. The number of likely N-dealkylation sites (tertiary alicyclic amines) is 1. The van der Waals surface area contributed by atoms with E-state index in [1.807, 2.05) is 0 Å². The number of hydrogen-bond acceptors (Lipinski definition) is 5. The monoisotopic (exact) mass is 299 g/mol. The third-order valence-corrected chi connectivity index (χ3v) is 5.85. The fourth-order valence-electron chi connectivity index (χ4n) is 2.90. The first-order valence-electron chi connectivity index (χ1n) is 6.72. The molecule has 3 rings (SSSR count). The molecule has 0 aliphatic carbocycles. The zero-order valence-corrected chi connectivity index (χ0v) is 11.8. The molecule has 2 fully saturated rings. The summed E-state index contributed by atoms with van der Waals surface area (Å²) < 4.78 is 25.5. The topological polar surface area (TPSA) is 99.3 Å². The van der Waals surface area contributed by atoms with Crippen LogP contribution in [0.5, 0.6) is 0 Å². The van der Waals surface area contributed by atoms with Crippen LogP contribution in [-0.2, 0) is 10.0 Å². The number of H-pyrrole nitrogens is 1. The van der Waals surface area contributed by atoms with Crippen molar-refractivity contribution in [2.75, 3.05) is 25.4 Å². The quantitative estimate of drug-likeness (QED) is 0.789. The molecule has 1 aromatic heterocycles. The molecule has 2 saturated heterocycles. The summed E-state index contributed by atoms with van der Waals surface area (Å²) >= 11 is 0. The number of rotatable bonds is 2. The number of carbonyl (C=O) groups is 1. The first-order valence-corrected chi connectivity index (χ1v) is 8.33. The van der Waals surface area contributed by atoms with Crippen LogP contribution < -0.4 is 0 Å². The Kier molecular flexibility index (Phi) is 3.47. The van der Waals surface area contributed by atoms with Crippen molar-refractivity contribution in [3.05, 3.63) is 12.2 Å². The van der Waals surface area contributed by atoms with Crippen molar-refractivity contribution in [2.24, 2.45) is 0 Å². The average Bonchev–Trinajstić information content (AvgIpc) is 3.07. The fourth-order valence-corrected chi connectivity index (χ4v) is 4.66. The minimum Gasteiger partial charge on any atom is -0.334 e. The van der Waals surface area contributed by atoms with Gasteiger partial charge in [0.25, 0.3) is 5.91 Å². The van der Waals surface area contributed by atoms with Crippen LogP contribution in [0.1, 0.15) is 29.9 Å². The molecular weight excluding hydrogens is 282 g/mol. The zero-order chi connectivity index (χ0) is 14.2. The summed E-state index contributed by atoms with van der Waals surface area (Å²) in [4.78, 5) is 17.7. The highest BCUT2D eigenvalue weighted by Gasteiger charge is 2.37. The molecule has 0 bridgehead atoms. The lowest BCUT2D eigenvalue weighted by atomic mass is 10.1. The molecule has 3 heterocycles. The summed E-state index contributed by atoms with van der Waals surface area (Å²) in [5.74, 6) is 0.207. The fraction of sp³-hybridized carbons (Fsp3) is 0.727. The lowest BCUT2D eigenvalue weighted by Gasteiger charge is -2.36. The molecule has 1 N–H and O–H groups in total. The Bertz CT molecular complexity index is 585. The van der Waals surface area contributed by atoms with E-state index in [4.69, 9.17) is 0 Å². The standard InChI is InChI=1S/C11H17N5O3S/c17-11(10-12-8-13-14-10)15-4-1-3-9(7-15)16-5-2-6-20(16,18)19/h8-9H,1-7H2,(H,12,13,14). The van der Waals surface area contributed by atoms with Crippen molar-refractivity contribution in [3.63, 3.8) is 0 Å². The van der Waals surface area contributed by atoms with Crippen LogP contribution in [0, 0.1) is 0 Å². The number of aromatic nitrogens is 3. The Morgan fingerprint density at radius 1 is 1.35 bits per heavy atom. The van der Waals surface area contributed by atoms with Gasteiger partial charge in [-0.05, 0) is 19.3 Å². The molecule has 1 aromatic rings. The Morgan fingerprint density at radius 2 is 2.20 bits per heavy atom. The number of sulfonamides is 1. The van der Waals surface area contributed by atoms with Crippen molar-refractivity contribution in [1.82, 2.24) is 24.4 Å². The van der Waals surface area contributed by atoms with Gasteiger partial charge in [-0.1, -0.05) is 0 Å². The van der Waals surface area contributed by atoms with E-state index in [0.29, 0.717) is 26.1 Å². The van der Waals surface area contributed by atoms with Crippen molar-refractivity contribution < 1.29 is 13.2 Å². The lowest BCUT2D eigenvalue weighted by Crippen LogP contribution is -2.50. The number of aromatic amines is 1. The SMILES string of the molecule is O=C(c1ncn[nH]1)N1CCCC(N2CCCS2(=O)=O)C1. The Balaban J connectivity index is 1.72. The molecule has 0 saturated carbocycles. The smallest absolute Gasteiger partial charge is 0.291 e. The third-order valence-electron chi connectivity index (χ3n) is 3.85. The minimum absolute atomic E-state index is 0.108. The van der Waals surface area contributed by atoms with Crippen LogP contribution in [0.15, 0.2) is 6.33 Å². The van der Waals surface area contributed by atoms with Gasteiger partial charge in [0, 0.05) is 25.7 Å². The summed E-state index contributed by atoms with van der Waals surface area (Å²) in [5.41, 5.74) is 0. The molecule has 0 radical (unpaired) electrons. The second kappa shape index (κ2) is 5.13. The van der Waals surface area contributed by atoms with Crippen LogP contribution >= 0.6 is 0 Å². The van der Waals surface area contributed by atoms with Gasteiger partial charge in [-0.25, -0.2) is 13.4 Å². The highest BCUT2D eigenvalue weighted by Crippen LogP contribution is 2.24. The summed E-state index contributed by atoms with van der Waals surface area (Å²) in [7, 11) is -3.13. The zero-order valence-electron chi connectivity index (χ0n) is 11.0. The molecule has 0 aromatic carbocycles. The van der Waals surface area contributed by atoms with Crippen LogP contribution in [0.3, 0.4) is 0 Å². The third kappa shape index (κ3) is 2.42. The second-order valence-corrected chi connectivity index (χ2v) is 7.20. The Morgan fingerprint density at radius 3 is 2.85 bits per heavy atom. The molecule has 0 spiro atoms. The highest BCUT2D eigenvalue weighted by molar-refractivity contribution is 7.89. The van der Waals surface area contributed by atoms with E-state index >= 15 is 0 Å². The van der Waals surface area contributed by atoms with Gasteiger partial charge in [0.1, 0.15) is 6.33 Å². The van der Waals surface area contributed by atoms with Gasteiger partial charge in [-0.3, -0.25) is 9.89 Å². The summed E-state index contributed by atoms with van der Waals surface area (Å²) in [6.45, 7) is 1.63. The number of nitrogens with one attached hydrogen (secondary N) is 1. The molecule has 2 aliphatic heterocycles. The van der Waals surface area contributed by atoms with Gasteiger partial charge in [-0.2, -0.15) is 9.40 Å². The van der Waals surface area contributed by atoms with Gasteiger partial charge < -0.3 is 4.90 Å². The Labute approximate surface area is 117 Å². The summed E-state index contributed by atoms with van der Waals surface area (Å²) in [5, 5.41) is 6.22. The summed E-state index contributed by atoms with van der Waals surface area (Å²) in [6, 6.07) is -0.108. The van der Waals surface area contributed by atoms with Gasteiger partial charge >= 0.3 is 0 Å². The predicted molar refractivity (Wildman–Crippen MR) is 70.4 cm³/mol. The van der Waals surface area contributed by atoms with Crippen molar-refractivity contribution >= 4 is 15.9 Å². The van der Waals surface area contributed by atoms with Crippen molar-refractivity contribution in [2.45, 2.75) is 25.3 Å². The normalized spacial score (nSPS) is 26.8. The predicted octanol–water partition coefficient (Wildman–Crippen LogP) is -0.555. The van der Waals surface area contributed by atoms with E-state index in [1.54, 1.807) is 9.21 Å². The lowest BCUT2D eigenvalue weighted by molar-refractivity contribution is 0.0647. The van der Waals surface area contributed by atoms with E-state index in [-0.39, 0.29) is 23.5 Å².